The highest BCUT2D eigenvalue weighted by Crippen LogP contribution is 2.43. The molecule has 0 atom stereocenters. The van der Waals surface area contributed by atoms with Gasteiger partial charge in [0.15, 0.2) is 0 Å². The van der Waals surface area contributed by atoms with E-state index in [1.54, 1.807) is 0 Å². The van der Waals surface area contributed by atoms with Gasteiger partial charge in [0.25, 0.3) is 0 Å². The van der Waals surface area contributed by atoms with Crippen LogP contribution < -0.4 is 0 Å². The number of benzene rings is 6. The Kier molecular flexibility index (Phi) is 3.76. The molecular weight excluding hydrogens is 456 g/mol. The van der Waals surface area contributed by atoms with Crippen LogP contribution >= 0.6 is 15.9 Å². The van der Waals surface area contributed by atoms with Gasteiger partial charge in [0.2, 0.25) is 0 Å². The Labute approximate surface area is 193 Å². The number of para-hydroxylation sites is 1. The van der Waals surface area contributed by atoms with E-state index in [0.29, 0.717) is 0 Å². The molecule has 0 saturated heterocycles. The standard InChI is InChI=1S/C30H17BrO/c31-27-17-26-19-9-2-1-8-18(19)24(16-25(26)20-10-3-4-11-21(20)27)22-13-7-15-29-30(22)23-12-5-6-14-28(23)32-29/h1-17H. The van der Waals surface area contributed by atoms with Crippen molar-refractivity contribution in [3.63, 3.8) is 0 Å². The van der Waals surface area contributed by atoms with Crippen LogP contribution in [0.15, 0.2) is 112 Å². The molecule has 0 unspecified atom stereocenters. The van der Waals surface area contributed by atoms with Gasteiger partial charge in [-0.15, -0.1) is 0 Å². The van der Waals surface area contributed by atoms with Crippen LogP contribution in [0.2, 0.25) is 0 Å². The van der Waals surface area contributed by atoms with Gasteiger partial charge in [-0.1, -0.05) is 94.8 Å². The van der Waals surface area contributed by atoms with Crippen molar-refractivity contribution in [1.82, 2.24) is 0 Å². The Hall–Kier alpha value is -3.62. The Morgan fingerprint density at radius 2 is 1.03 bits per heavy atom. The highest BCUT2D eigenvalue weighted by Gasteiger charge is 2.16. The Morgan fingerprint density at radius 1 is 0.438 bits per heavy atom. The molecule has 0 radical (unpaired) electrons. The van der Waals surface area contributed by atoms with Crippen molar-refractivity contribution in [2.24, 2.45) is 0 Å². The van der Waals surface area contributed by atoms with E-state index in [1.807, 2.05) is 12.1 Å². The van der Waals surface area contributed by atoms with Gasteiger partial charge in [-0.2, -0.15) is 0 Å². The van der Waals surface area contributed by atoms with Gasteiger partial charge in [-0.05, 0) is 67.7 Å². The first-order chi connectivity index (χ1) is 15.8. The lowest BCUT2D eigenvalue weighted by atomic mass is 9.89. The van der Waals surface area contributed by atoms with Crippen LogP contribution in [0.25, 0.3) is 65.4 Å². The number of rotatable bonds is 1. The molecular formula is C30H17BrO. The van der Waals surface area contributed by atoms with Crippen LogP contribution in [0.4, 0.5) is 0 Å². The Balaban J connectivity index is 1.72. The molecule has 150 valence electrons. The summed E-state index contributed by atoms with van der Waals surface area (Å²) in [5, 5.41) is 9.86. The molecule has 0 spiro atoms. The summed E-state index contributed by atoms with van der Waals surface area (Å²) in [6, 6.07) is 36.6. The van der Waals surface area contributed by atoms with Gasteiger partial charge in [0.1, 0.15) is 11.2 Å². The molecule has 2 heteroatoms. The fourth-order valence-electron chi connectivity index (χ4n) is 5.13. The average molecular weight is 473 g/mol. The molecule has 0 aliphatic carbocycles. The highest BCUT2D eigenvalue weighted by atomic mass is 79.9. The number of fused-ring (bicyclic) bond motifs is 8. The van der Waals surface area contributed by atoms with Crippen LogP contribution in [-0.4, -0.2) is 0 Å². The predicted molar refractivity (Wildman–Crippen MR) is 139 cm³/mol. The topological polar surface area (TPSA) is 13.1 Å². The quantitative estimate of drug-likeness (QED) is 0.217. The fraction of sp³-hybridized carbons (Fsp3) is 0. The van der Waals surface area contributed by atoms with Gasteiger partial charge in [-0.25, -0.2) is 0 Å². The van der Waals surface area contributed by atoms with Gasteiger partial charge in [0.05, 0.1) is 0 Å². The van der Waals surface area contributed by atoms with Gasteiger partial charge in [-0.3, -0.25) is 0 Å². The minimum absolute atomic E-state index is 0.925. The first-order valence-electron chi connectivity index (χ1n) is 10.7. The lowest BCUT2D eigenvalue weighted by Gasteiger charge is -2.14. The molecule has 0 fully saturated rings. The van der Waals surface area contributed by atoms with E-state index in [1.165, 1.54) is 48.8 Å². The average Bonchev–Trinajstić information content (AvgIpc) is 3.23. The van der Waals surface area contributed by atoms with E-state index in [0.717, 1.165) is 21.0 Å². The summed E-state index contributed by atoms with van der Waals surface area (Å²) in [7, 11) is 0. The van der Waals surface area contributed by atoms with Crippen molar-refractivity contribution in [2.45, 2.75) is 0 Å². The maximum Gasteiger partial charge on any atom is 0.136 e. The van der Waals surface area contributed by atoms with Crippen LogP contribution in [0.3, 0.4) is 0 Å². The van der Waals surface area contributed by atoms with Crippen LogP contribution in [-0.2, 0) is 0 Å². The molecule has 0 bridgehead atoms. The molecule has 0 saturated carbocycles. The van der Waals surface area contributed by atoms with E-state index in [9.17, 15) is 0 Å². The molecule has 1 aromatic heterocycles. The van der Waals surface area contributed by atoms with Crippen molar-refractivity contribution in [2.75, 3.05) is 0 Å². The SMILES string of the molecule is Brc1cc2c3ccccc3c(-c3cccc4oc5ccccc5c34)cc2c2ccccc12. The highest BCUT2D eigenvalue weighted by molar-refractivity contribution is 9.10. The van der Waals surface area contributed by atoms with E-state index in [2.05, 4.69) is 107 Å². The smallest absolute Gasteiger partial charge is 0.136 e. The molecule has 0 aliphatic rings. The van der Waals surface area contributed by atoms with Gasteiger partial charge >= 0.3 is 0 Å². The largest absolute Gasteiger partial charge is 0.456 e. The normalized spacial score (nSPS) is 11.9. The van der Waals surface area contributed by atoms with Crippen molar-refractivity contribution >= 4 is 70.2 Å². The van der Waals surface area contributed by atoms with Crippen LogP contribution in [0.1, 0.15) is 0 Å². The zero-order valence-electron chi connectivity index (χ0n) is 17.1. The van der Waals surface area contributed by atoms with Gasteiger partial charge < -0.3 is 4.42 Å². The molecule has 0 aliphatic heterocycles. The summed E-state index contributed by atoms with van der Waals surface area (Å²) in [6.07, 6.45) is 0. The minimum atomic E-state index is 0.925. The van der Waals surface area contributed by atoms with Crippen LogP contribution in [0, 0.1) is 0 Å². The zero-order chi connectivity index (χ0) is 21.2. The molecule has 6 aromatic carbocycles. The van der Waals surface area contributed by atoms with Crippen molar-refractivity contribution in [3.05, 3.63) is 108 Å². The summed E-state index contributed by atoms with van der Waals surface area (Å²) < 4.78 is 7.32. The summed E-state index contributed by atoms with van der Waals surface area (Å²) in [4.78, 5) is 0. The number of furan rings is 1. The second-order valence-corrected chi connectivity index (χ2v) is 9.10. The molecule has 1 heterocycles. The third kappa shape index (κ3) is 2.44. The van der Waals surface area contributed by atoms with E-state index < -0.39 is 0 Å². The maximum absolute atomic E-state index is 6.19. The lowest BCUT2D eigenvalue weighted by Crippen LogP contribution is -1.87. The van der Waals surface area contributed by atoms with E-state index in [4.69, 9.17) is 4.42 Å². The summed E-state index contributed by atoms with van der Waals surface area (Å²) in [5.41, 5.74) is 4.29. The Morgan fingerprint density at radius 3 is 1.84 bits per heavy atom. The van der Waals surface area contributed by atoms with Gasteiger partial charge in [0, 0.05) is 15.2 Å². The minimum Gasteiger partial charge on any atom is -0.456 e. The molecule has 0 N–H and O–H groups in total. The van der Waals surface area contributed by atoms with Crippen molar-refractivity contribution in [3.8, 4) is 11.1 Å². The molecule has 0 amide bonds. The van der Waals surface area contributed by atoms with E-state index in [-0.39, 0.29) is 0 Å². The summed E-state index contributed by atoms with van der Waals surface area (Å²) in [5.74, 6) is 0. The van der Waals surface area contributed by atoms with Crippen LogP contribution in [0.5, 0.6) is 0 Å². The molecule has 32 heavy (non-hydrogen) atoms. The monoisotopic (exact) mass is 472 g/mol. The third-order valence-corrected chi connectivity index (χ3v) is 7.18. The first-order valence-corrected chi connectivity index (χ1v) is 11.5. The summed E-state index contributed by atoms with van der Waals surface area (Å²) in [6.45, 7) is 0. The number of hydrogen-bond acceptors (Lipinski definition) is 1. The lowest BCUT2D eigenvalue weighted by molar-refractivity contribution is 0.669. The molecule has 7 rings (SSSR count). The number of hydrogen-bond donors (Lipinski definition) is 0. The molecule has 7 aromatic rings. The third-order valence-electron chi connectivity index (χ3n) is 6.52. The summed E-state index contributed by atoms with van der Waals surface area (Å²) >= 11 is 3.81. The predicted octanol–water partition coefficient (Wildman–Crippen LogP) is 9.48. The fourth-order valence-corrected chi connectivity index (χ4v) is 5.70. The van der Waals surface area contributed by atoms with Crippen molar-refractivity contribution < 1.29 is 4.42 Å². The van der Waals surface area contributed by atoms with Crippen molar-refractivity contribution in [1.29, 1.82) is 0 Å². The number of halogens is 1. The second kappa shape index (κ2) is 6.69. The van der Waals surface area contributed by atoms with E-state index >= 15 is 0 Å². The molecule has 1 nitrogen and oxygen atoms in total. The second-order valence-electron chi connectivity index (χ2n) is 8.25. The zero-order valence-corrected chi connectivity index (χ0v) is 18.7. The maximum atomic E-state index is 6.19. The Bertz CT molecular complexity index is 1840. The first kappa shape index (κ1) is 18.0.